The third kappa shape index (κ3) is 5.63. The molecule has 148 valence electrons. The van der Waals surface area contributed by atoms with Gasteiger partial charge in [0.05, 0.1) is 18.2 Å². The van der Waals surface area contributed by atoms with Gasteiger partial charge >= 0.3 is 0 Å². The van der Waals surface area contributed by atoms with Gasteiger partial charge in [-0.25, -0.2) is 4.39 Å². The van der Waals surface area contributed by atoms with Gasteiger partial charge in [-0.3, -0.25) is 9.48 Å². The number of benzene rings is 1. The lowest BCUT2D eigenvalue weighted by Crippen LogP contribution is -2.35. The van der Waals surface area contributed by atoms with Crippen molar-refractivity contribution in [1.82, 2.24) is 20.0 Å². The van der Waals surface area contributed by atoms with Gasteiger partial charge in [-0.15, -0.1) is 0 Å². The minimum Gasteiger partial charge on any atom is -0.354 e. The number of halogens is 1. The summed E-state index contributed by atoms with van der Waals surface area (Å²) in [5, 5.41) is 7.57. The van der Waals surface area contributed by atoms with E-state index in [9.17, 15) is 9.18 Å². The average Bonchev–Trinajstić information content (AvgIpc) is 2.81. The van der Waals surface area contributed by atoms with E-state index in [0.29, 0.717) is 18.9 Å². The predicted octanol–water partition coefficient (Wildman–Crippen LogP) is 3.26. The van der Waals surface area contributed by atoms with Crippen LogP contribution in [0.5, 0.6) is 0 Å². The van der Waals surface area contributed by atoms with E-state index < -0.39 is 0 Å². The maximum Gasteiger partial charge on any atom is 0.224 e. The van der Waals surface area contributed by atoms with Gasteiger partial charge in [0.25, 0.3) is 0 Å². The number of aromatic nitrogens is 2. The lowest BCUT2D eigenvalue weighted by molar-refractivity contribution is -0.120. The van der Waals surface area contributed by atoms with Crippen molar-refractivity contribution < 1.29 is 9.18 Å². The topological polar surface area (TPSA) is 50.2 Å². The fourth-order valence-electron chi connectivity index (χ4n) is 3.26. The average molecular weight is 375 g/mol. The third-order valence-corrected chi connectivity index (χ3v) is 4.76. The molecule has 0 aliphatic rings. The van der Waals surface area contributed by atoms with E-state index in [1.165, 1.54) is 12.1 Å². The molecule has 0 radical (unpaired) electrons. The predicted molar refractivity (Wildman–Crippen MR) is 106 cm³/mol. The molecule has 1 aromatic heterocycles. The highest BCUT2D eigenvalue weighted by Crippen LogP contribution is 2.19. The van der Waals surface area contributed by atoms with Crippen LogP contribution in [0.25, 0.3) is 0 Å². The van der Waals surface area contributed by atoms with Crippen molar-refractivity contribution in [3.05, 3.63) is 52.6 Å². The van der Waals surface area contributed by atoms with Gasteiger partial charge in [-0.2, -0.15) is 5.10 Å². The summed E-state index contributed by atoms with van der Waals surface area (Å²) in [6.45, 7) is 9.53. The molecule has 0 aliphatic heterocycles. The van der Waals surface area contributed by atoms with Crippen molar-refractivity contribution in [2.24, 2.45) is 5.92 Å². The molecule has 5 nitrogen and oxygen atoms in total. The quantitative estimate of drug-likeness (QED) is 0.772. The van der Waals surface area contributed by atoms with E-state index in [0.717, 1.165) is 29.1 Å². The Bertz CT molecular complexity index is 782. The Balaban J connectivity index is 2.04. The number of carbonyl (C=O) groups excluding carboxylic acids is 1. The first-order chi connectivity index (χ1) is 12.7. The first-order valence-electron chi connectivity index (χ1n) is 9.40. The Morgan fingerprint density at radius 3 is 2.59 bits per heavy atom. The normalized spacial score (nSPS) is 12.6. The van der Waals surface area contributed by atoms with Crippen LogP contribution in [0, 0.1) is 25.6 Å². The second-order valence-corrected chi connectivity index (χ2v) is 7.74. The highest BCUT2D eigenvalue weighted by molar-refractivity contribution is 5.79. The molecule has 0 saturated heterocycles. The minimum absolute atomic E-state index is 0.0476. The fourth-order valence-corrected chi connectivity index (χ4v) is 3.26. The van der Waals surface area contributed by atoms with E-state index in [-0.39, 0.29) is 17.8 Å². The summed E-state index contributed by atoms with van der Waals surface area (Å²) in [6, 6.07) is 6.43. The van der Waals surface area contributed by atoms with Crippen molar-refractivity contribution in [2.75, 3.05) is 20.6 Å². The summed E-state index contributed by atoms with van der Waals surface area (Å²) in [4.78, 5) is 14.5. The molecule has 2 aromatic rings. The van der Waals surface area contributed by atoms with Crippen LogP contribution < -0.4 is 5.32 Å². The number of rotatable bonds is 8. The highest BCUT2D eigenvalue weighted by atomic mass is 19.1. The maximum absolute atomic E-state index is 13.5. The van der Waals surface area contributed by atoms with Crippen LogP contribution in [0.1, 0.15) is 42.4 Å². The van der Waals surface area contributed by atoms with E-state index in [1.54, 1.807) is 6.07 Å². The molecule has 0 fully saturated rings. The highest BCUT2D eigenvalue weighted by Gasteiger charge is 2.18. The second kappa shape index (κ2) is 9.13. The number of carbonyl (C=O) groups is 1. The van der Waals surface area contributed by atoms with Crippen molar-refractivity contribution in [3.8, 4) is 0 Å². The molecule has 0 aliphatic carbocycles. The number of hydrogen-bond acceptors (Lipinski definition) is 3. The third-order valence-electron chi connectivity index (χ3n) is 4.76. The molecule has 1 atom stereocenters. The van der Waals surface area contributed by atoms with Crippen LogP contribution in [0.2, 0.25) is 0 Å². The van der Waals surface area contributed by atoms with Gasteiger partial charge in [-0.1, -0.05) is 26.0 Å². The molecule has 0 unspecified atom stereocenters. The molecule has 0 spiro atoms. The summed E-state index contributed by atoms with van der Waals surface area (Å²) in [5.41, 5.74) is 3.78. The van der Waals surface area contributed by atoms with Gasteiger partial charge in [-0.05, 0) is 51.6 Å². The molecule has 1 aromatic carbocycles. The molecule has 0 saturated carbocycles. The maximum atomic E-state index is 13.5. The first kappa shape index (κ1) is 21.1. The number of nitrogens with one attached hydrogen (secondary N) is 1. The van der Waals surface area contributed by atoms with Crippen molar-refractivity contribution in [3.63, 3.8) is 0 Å². The molecule has 6 heteroatoms. The molecular weight excluding hydrogens is 343 g/mol. The van der Waals surface area contributed by atoms with E-state index in [4.69, 9.17) is 0 Å². The van der Waals surface area contributed by atoms with Crippen LogP contribution in [-0.2, 0) is 17.8 Å². The van der Waals surface area contributed by atoms with Crippen LogP contribution in [0.4, 0.5) is 4.39 Å². The number of nitrogens with zero attached hydrogens (tertiary/aromatic N) is 3. The lowest BCUT2D eigenvalue weighted by Gasteiger charge is -2.25. The molecule has 1 heterocycles. The van der Waals surface area contributed by atoms with Gasteiger partial charge in [0, 0.05) is 24.3 Å². The largest absolute Gasteiger partial charge is 0.354 e. The van der Waals surface area contributed by atoms with E-state index >= 15 is 0 Å². The minimum atomic E-state index is -0.269. The van der Waals surface area contributed by atoms with E-state index in [1.807, 2.05) is 43.6 Å². The standard InChI is InChI=1S/C21H31FN4O/c1-14(2)13-26-16(4)19(15(3)24-26)11-21(27)23-12-20(25(5)6)17-8-7-9-18(22)10-17/h7-10,14,20H,11-13H2,1-6H3,(H,23,27)/t20-/m1/s1. The lowest BCUT2D eigenvalue weighted by atomic mass is 10.1. The van der Waals surface area contributed by atoms with Crippen LogP contribution in [0.15, 0.2) is 24.3 Å². The van der Waals surface area contributed by atoms with Crippen molar-refractivity contribution in [1.29, 1.82) is 0 Å². The van der Waals surface area contributed by atoms with Crippen molar-refractivity contribution >= 4 is 5.91 Å². The molecule has 27 heavy (non-hydrogen) atoms. The summed E-state index contributed by atoms with van der Waals surface area (Å²) < 4.78 is 15.5. The molecule has 0 bridgehead atoms. The number of aryl methyl sites for hydroxylation is 1. The van der Waals surface area contributed by atoms with Gasteiger partial charge < -0.3 is 10.2 Å². The number of amides is 1. The monoisotopic (exact) mass is 374 g/mol. The zero-order valence-electron chi connectivity index (χ0n) is 17.2. The van der Waals surface area contributed by atoms with Gasteiger partial charge in [0.1, 0.15) is 5.82 Å². The Kier molecular flexibility index (Phi) is 7.13. The van der Waals surface area contributed by atoms with E-state index in [2.05, 4.69) is 24.3 Å². The Hall–Kier alpha value is -2.21. The van der Waals surface area contributed by atoms with Gasteiger partial charge in [0.15, 0.2) is 0 Å². The number of hydrogen-bond donors (Lipinski definition) is 1. The number of likely N-dealkylation sites (N-methyl/N-ethyl adjacent to an activating group) is 1. The van der Waals surface area contributed by atoms with Crippen molar-refractivity contribution in [2.45, 2.75) is 46.7 Å². The SMILES string of the molecule is Cc1nn(CC(C)C)c(C)c1CC(=O)NC[C@H](c1cccc(F)c1)N(C)C. The van der Waals surface area contributed by atoms with Crippen LogP contribution >= 0.6 is 0 Å². The van der Waals surface area contributed by atoms with Gasteiger partial charge in [0.2, 0.25) is 5.91 Å². The summed E-state index contributed by atoms with van der Waals surface area (Å²) in [6.07, 6.45) is 0.305. The summed E-state index contributed by atoms with van der Waals surface area (Å²) in [7, 11) is 3.85. The smallest absolute Gasteiger partial charge is 0.224 e. The van der Waals surface area contributed by atoms with Crippen LogP contribution in [0.3, 0.4) is 0 Å². The Morgan fingerprint density at radius 2 is 2.00 bits per heavy atom. The zero-order valence-corrected chi connectivity index (χ0v) is 17.2. The molecular formula is C21H31FN4O. The molecule has 2 rings (SSSR count). The van der Waals surface area contributed by atoms with Crippen LogP contribution in [-0.4, -0.2) is 41.2 Å². The Labute approximate surface area is 161 Å². The molecule has 1 N–H and O–H groups in total. The summed E-state index contributed by atoms with van der Waals surface area (Å²) >= 11 is 0. The molecule has 1 amide bonds. The summed E-state index contributed by atoms with van der Waals surface area (Å²) in [5.74, 6) is 0.180. The fraction of sp³-hybridized carbons (Fsp3) is 0.524. The Morgan fingerprint density at radius 1 is 1.30 bits per heavy atom. The second-order valence-electron chi connectivity index (χ2n) is 7.74. The zero-order chi connectivity index (χ0) is 20.1. The first-order valence-corrected chi connectivity index (χ1v) is 9.40.